The molecule has 0 bridgehead atoms. The smallest absolute Gasteiger partial charge is 0.124 e. The van der Waals surface area contributed by atoms with Crippen molar-refractivity contribution in [1.29, 1.82) is 0 Å². The Morgan fingerprint density at radius 2 is 2.32 bits per heavy atom. The zero-order chi connectivity index (χ0) is 14.8. The molecule has 2 heterocycles. The molecule has 3 rings (SSSR count). The Labute approximate surface area is 139 Å². The first kappa shape index (κ1) is 17.6. The first-order valence-corrected chi connectivity index (χ1v) is 8.03. The van der Waals surface area contributed by atoms with Crippen molar-refractivity contribution in [1.82, 2.24) is 9.88 Å². The van der Waals surface area contributed by atoms with Crippen molar-refractivity contribution < 1.29 is 9.13 Å². The van der Waals surface area contributed by atoms with Crippen LogP contribution >= 0.6 is 23.7 Å². The van der Waals surface area contributed by atoms with Crippen LogP contribution in [0.25, 0.3) is 10.2 Å². The molecule has 2 unspecified atom stereocenters. The summed E-state index contributed by atoms with van der Waals surface area (Å²) in [6, 6.07) is 5.07. The highest BCUT2D eigenvalue weighted by Crippen LogP contribution is 2.26. The molecule has 0 saturated carbocycles. The van der Waals surface area contributed by atoms with E-state index in [-0.39, 0.29) is 18.2 Å². The Morgan fingerprint density at radius 3 is 3.05 bits per heavy atom. The number of benzene rings is 1. The summed E-state index contributed by atoms with van der Waals surface area (Å²) >= 11 is 1.56. The van der Waals surface area contributed by atoms with Crippen molar-refractivity contribution in [2.24, 2.45) is 5.73 Å². The number of nitrogens with two attached hydrogens (primary N) is 1. The van der Waals surface area contributed by atoms with Crippen LogP contribution in [0.15, 0.2) is 18.2 Å². The van der Waals surface area contributed by atoms with Gasteiger partial charge in [0.05, 0.1) is 22.9 Å². The molecule has 1 aliphatic rings. The van der Waals surface area contributed by atoms with E-state index in [0.717, 1.165) is 41.2 Å². The van der Waals surface area contributed by atoms with E-state index in [2.05, 4.69) is 9.88 Å². The second-order valence-electron chi connectivity index (χ2n) is 5.46. The molecule has 1 aromatic carbocycles. The number of hydrogen-bond donors (Lipinski definition) is 1. The van der Waals surface area contributed by atoms with Crippen LogP contribution in [0, 0.1) is 5.82 Å². The third-order valence-electron chi connectivity index (χ3n) is 4.13. The Balaban J connectivity index is 0.00000176. The summed E-state index contributed by atoms with van der Waals surface area (Å²) in [5.41, 5.74) is 6.76. The minimum atomic E-state index is -0.210. The molecule has 0 spiro atoms. The predicted molar refractivity (Wildman–Crippen MR) is 90.1 cm³/mol. The fourth-order valence-electron chi connectivity index (χ4n) is 2.92. The summed E-state index contributed by atoms with van der Waals surface area (Å²) in [5, 5.41) is 1.02. The van der Waals surface area contributed by atoms with Crippen molar-refractivity contribution in [3.05, 3.63) is 29.0 Å². The number of likely N-dealkylation sites (tertiary alicyclic amines) is 1. The second-order valence-corrected chi connectivity index (χ2v) is 6.58. The van der Waals surface area contributed by atoms with E-state index < -0.39 is 0 Å². The molecular formula is C15H21ClFN3OS. The predicted octanol–water partition coefficient (Wildman–Crippen LogP) is 2.80. The summed E-state index contributed by atoms with van der Waals surface area (Å²) in [6.45, 7) is 2.36. The number of methoxy groups -OCH3 is 1. The Morgan fingerprint density at radius 1 is 1.50 bits per heavy atom. The Kier molecular flexibility index (Phi) is 6.11. The number of rotatable bonds is 4. The van der Waals surface area contributed by atoms with Crippen LogP contribution in [0.4, 0.5) is 4.39 Å². The largest absolute Gasteiger partial charge is 0.381 e. The van der Waals surface area contributed by atoms with Gasteiger partial charge in [-0.3, -0.25) is 4.90 Å². The Hall–Kier alpha value is -0.790. The van der Waals surface area contributed by atoms with Gasteiger partial charge >= 0.3 is 0 Å². The van der Waals surface area contributed by atoms with Crippen LogP contribution < -0.4 is 5.73 Å². The Bertz CT molecular complexity index is 624. The fraction of sp³-hybridized carbons (Fsp3) is 0.533. The third-order valence-corrected chi connectivity index (χ3v) is 5.13. The topological polar surface area (TPSA) is 51.4 Å². The van der Waals surface area contributed by atoms with E-state index in [0.29, 0.717) is 18.7 Å². The SMILES string of the molecule is COC1CCN(Cc2nc3ccc(F)cc3s2)C(CN)C1.Cl. The monoisotopic (exact) mass is 345 g/mol. The quantitative estimate of drug-likeness (QED) is 0.925. The molecule has 0 radical (unpaired) electrons. The van der Waals surface area contributed by atoms with Crippen LogP contribution in [0.1, 0.15) is 17.8 Å². The van der Waals surface area contributed by atoms with Crippen molar-refractivity contribution in [2.75, 3.05) is 20.2 Å². The second kappa shape index (κ2) is 7.66. The summed E-state index contributed by atoms with van der Waals surface area (Å²) < 4.78 is 19.6. The number of ether oxygens (including phenoxy) is 1. The van der Waals surface area contributed by atoms with Gasteiger partial charge in [0.1, 0.15) is 10.8 Å². The van der Waals surface area contributed by atoms with E-state index >= 15 is 0 Å². The standard InChI is InChI=1S/C15H20FN3OS.ClH/c1-20-12-4-5-19(11(7-12)8-17)9-15-18-13-3-2-10(16)6-14(13)21-15;/h2-3,6,11-12H,4-5,7-9,17H2,1H3;1H. The molecule has 1 aromatic heterocycles. The zero-order valence-electron chi connectivity index (χ0n) is 12.5. The van der Waals surface area contributed by atoms with E-state index in [4.69, 9.17) is 10.5 Å². The molecule has 0 amide bonds. The van der Waals surface area contributed by atoms with Gasteiger partial charge in [0.2, 0.25) is 0 Å². The molecule has 1 fully saturated rings. The molecule has 2 atom stereocenters. The highest BCUT2D eigenvalue weighted by molar-refractivity contribution is 7.18. The van der Waals surface area contributed by atoms with E-state index in [1.54, 1.807) is 30.6 Å². The maximum absolute atomic E-state index is 13.2. The van der Waals surface area contributed by atoms with Gasteiger partial charge in [0, 0.05) is 26.2 Å². The maximum Gasteiger partial charge on any atom is 0.124 e. The molecule has 1 aliphatic heterocycles. The number of hydrogen-bond acceptors (Lipinski definition) is 5. The average Bonchev–Trinajstić information content (AvgIpc) is 2.89. The number of piperidine rings is 1. The first-order valence-electron chi connectivity index (χ1n) is 7.21. The van der Waals surface area contributed by atoms with Crippen LogP contribution in [0.5, 0.6) is 0 Å². The molecule has 4 nitrogen and oxygen atoms in total. The van der Waals surface area contributed by atoms with E-state index in [1.165, 1.54) is 6.07 Å². The zero-order valence-corrected chi connectivity index (χ0v) is 14.1. The summed E-state index contributed by atoms with van der Waals surface area (Å²) in [4.78, 5) is 6.96. The third kappa shape index (κ3) is 3.75. The van der Waals surface area contributed by atoms with Gasteiger partial charge < -0.3 is 10.5 Å². The summed E-state index contributed by atoms with van der Waals surface area (Å²) in [6.07, 6.45) is 2.29. The number of fused-ring (bicyclic) bond motifs is 1. The number of aromatic nitrogens is 1. The van der Waals surface area contributed by atoms with Crippen molar-refractivity contribution in [3.63, 3.8) is 0 Å². The lowest BCUT2D eigenvalue weighted by Gasteiger charge is -2.37. The van der Waals surface area contributed by atoms with Crippen LogP contribution in [0.3, 0.4) is 0 Å². The normalized spacial score (nSPS) is 22.7. The van der Waals surface area contributed by atoms with Crippen LogP contribution in [-0.4, -0.2) is 42.2 Å². The van der Waals surface area contributed by atoms with E-state index in [9.17, 15) is 4.39 Å². The molecule has 0 aliphatic carbocycles. The molecule has 2 aromatic rings. The lowest BCUT2D eigenvalue weighted by molar-refractivity contribution is 0.0102. The molecule has 122 valence electrons. The van der Waals surface area contributed by atoms with Crippen molar-refractivity contribution in [3.8, 4) is 0 Å². The number of thiazole rings is 1. The maximum atomic E-state index is 13.2. The fourth-order valence-corrected chi connectivity index (χ4v) is 3.94. The molecule has 1 saturated heterocycles. The van der Waals surface area contributed by atoms with Gasteiger partial charge in [-0.1, -0.05) is 0 Å². The highest BCUT2D eigenvalue weighted by atomic mass is 35.5. The lowest BCUT2D eigenvalue weighted by atomic mass is 9.99. The van der Waals surface area contributed by atoms with Gasteiger partial charge in [0.25, 0.3) is 0 Å². The molecule has 7 heteroatoms. The van der Waals surface area contributed by atoms with Gasteiger partial charge in [-0.15, -0.1) is 23.7 Å². The minimum Gasteiger partial charge on any atom is -0.381 e. The van der Waals surface area contributed by atoms with E-state index in [1.807, 2.05) is 0 Å². The van der Waals surface area contributed by atoms with Gasteiger partial charge in [0.15, 0.2) is 0 Å². The van der Waals surface area contributed by atoms with Gasteiger partial charge in [-0.2, -0.15) is 0 Å². The van der Waals surface area contributed by atoms with Crippen molar-refractivity contribution >= 4 is 34.0 Å². The van der Waals surface area contributed by atoms with Gasteiger partial charge in [-0.25, -0.2) is 9.37 Å². The van der Waals surface area contributed by atoms with Crippen LogP contribution in [0.2, 0.25) is 0 Å². The molecular weight excluding hydrogens is 325 g/mol. The highest BCUT2D eigenvalue weighted by Gasteiger charge is 2.28. The first-order chi connectivity index (χ1) is 10.2. The number of nitrogens with zero attached hydrogens (tertiary/aromatic N) is 2. The minimum absolute atomic E-state index is 0. The molecule has 22 heavy (non-hydrogen) atoms. The van der Waals surface area contributed by atoms with Gasteiger partial charge in [-0.05, 0) is 31.0 Å². The summed E-state index contributed by atoms with van der Waals surface area (Å²) in [7, 11) is 1.76. The van der Waals surface area contributed by atoms with Crippen molar-refractivity contribution in [2.45, 2.75) is 31.5 Å². The van der Waals surface area contributed by atoms with Crippen LogP contribution in [-0.2, 0) is 11.3 Å². The average molecular weight is 346 g/mol. The lowest BCUT2D eigenvalue weighted by Crippen LogP contribution is -2.47. The molecule has 2 N–H and O–H groups in total. The number of halogens is 2. The summed E-state index contributed by atoms with van der Waals surface area (Å²) in [5.74, 6) is -0.210.